The molecule has 0 bridgehead atoms. The van der Waals surface area contributed by atoms with E-state index in [0.717, 1.165) is 50.8 Å². The van der Waals surface area contributed by atoms with E-state index in [9.17, 15) is 9.59 Å². The Morgan fingerprint density at radius 1 is 1.13 bits per heavy atom. The van der Waals surface area contributed by atoms with Crippen LogP contribution in [0.3, 0.4) is 0 Å². The molecule has 4 heterocycles. The van der Waals surface area contributed by atoms with Gasteiger partial charge in [0.05, 0.1) is 18.3 Å². The van der Waals surface area contributed by atoms with Crippen molar-refractivity contribution in [2.45, 2.75) is 76.4 Å². The van der Waals surface area contributed by atoms with E-state index in [1.54, 1.807) is 6.26 Å². The van der Waals surface area contributed by atoms with Crippen LogP contribution in [0.4, 0.5) is 0 Å². The van der Waals surface area contributed by atoms with Crippen LogP contribution in [0.15, 0.2) is 22.8 Å². The number of carbonyl (C=O) groups excluding carboxylic acids is 2. The van der Waals surface area contributed by atoms with Gasteiger partial charge in [0.1, 0.15) is 11.2 Å². The maximum atomic E-state index is 13.7. The summed E-state index contributed by atoms with van der Waals surface area (Å²) in [6, 6.07) is 3.92. The number of rotatable bonds is 5. The number of nitrogens with zero attached hydrogens (tertiary/aromatic N) is 3. The van der Waals surface area contributed by atoms with Crippen LogP contribution in [0.5, 0.6) is 0 Å². The monoisotopic (exact) mass is 426 g/mol. The number of carbonyl (C=O) groups is 2. The fraction of sp³-hybridized carbons (Fsp3) is 0.667. The van der Waals surface area contributed by atoms with E-state index in [2.05, 4.69) is 10.2 Å². The lowest BCUT2D eigenvalue weighted by molar-refractivity contribution is -0.133. The summed E-state index contributed by atoms with van der Waals surface area (Å²) in [5.41, 5.74) is 1.29. The summed E-state index contributed by atoms with van der Waals surface area (Å²) in [7, 11) is 0. The Labute approximate surface area is 183 Å². The van der Waals surface area contributed by atoms with Crippen LogP contribution < -0.4 is 5.32 Å². The lowest BCUT2D eigenvalue weighted by Gasteiger charge is -2.45. The van der Waals surface area contributed by atoms with Crippen LogP contribution in [-0.4, -0.2) is 63.9 Å². The predicted octanol–water partition coefficient (Wildman–Crippen LogP) is 3.38. The van der Waals surface area contributed by atoms with Gasteiger partial charge in [-0.25, -0.2) is 0 Å². The Morgan fingerprint density at radius 3 is 2.61 bits per heavy atom. The van der Waals surface area contributed by atoms with Gasteiger partial charge in [-0.1, -0.05) is 25.7 Å². The lowest BCUT2D eigenvalue weighted by atomic mass is 9.93. The fourth-order valence-corrected chi connectivity index (χ4v) is 5.64. The summed E-state index contributed by atoms with van der Waals surface area (Å²) in [6.45, 7) is 5.94. The van der Waals surface area contributed by atoms with Gasteiger partial charge in [0.15, 0.2) is 5.58 Å². The molecule has 2 amide bonds. The van der Waals surface area contributed by atoms with Crippen LogP contribution >= 0.6 is 0 Å². The van der Waals surface area contributed by atoms with Gasteiger partial charge in [-0.3, -0.25) is 9.59 Å². The lowest BCUT2D eigenvalue weighted by Crippen LogP contribution is -2.65. The Bertz CT molecular complexity index is 949. The zero-order chi connectivity index (χ0) is 21.4. The van der Waals surface area contributed by atoms with Crippen LogP contribution in [0.2, 0.25) is 0 Å². The standard InChI is InChI=1S/C24H34N4O3/c1-24(23(30)25-18-8-4-2-3-5-9-18)17-27-19-10-15-31-21(19)16-20(27)22(29)28(24)14-13-26-11-6-7-12-26/h10,15-16,18H,2-9,11-14,17H2,1H3,(H,25,30)/t24-/m0/s1. The van der Waals surface area contributed by atoms with Crippen molar-refractivity contribution >= 4 is 22.9 Å². The van der Waals surface area contributed by atoms with Crippen molar-refractivity contribution in [3.8, 4) is 0 Å². The van der Waals surface area contributed by atoms with Gasteiger partial charge in [-0.2, -0.15) is 0 Å². The maximum Gasteiger partial charge on any atom is 0.271 e. The van der Waals surface area contributed by atoms with Crippen LogP contribution in [-0.2, 0) is 11.3 Å². The number of nitrogens with one attached hydrogen (secondary N) is 1. The Morgan fingerprint density at radius 2 is 1.87 bits per heavy atom. The molecule has 1 saturated carbocycles. The third-order valence-electron chi connectivity index (χ3n) is 7.57. The average Bonchev–Trinajstić information content (AvgIpc) is 3.45. The zero-order valence-corrected chi connectivity index (χ0v) is 18.6. The first-order valence-electron chi connectivity index (χ1n) is 12.0. The average molecular weight is 427 g/mol. The molecule has 7 heteroatoms. The maximum absolute atomic E-state index is 13.7. The Hall–Kier alpha value is -2.28. The van der Waals surface area contributed by atoms with Gasteiger partial charge >= 0.3 is 0 Å². The second kappa shape index (κ2) is 8.34. The molecule has 5 rings (SSSR count). The van der Waals surface area contributed by atoms with Crippen molar-refractivity contribution in [2.75, 3.05) is 26.2 Å². The first-order valence-corrected chi connectivity index (χ1v) is 12.0. The molecule has 31 heavy (non-hydrogen) atoms. The molecule has 0 aromatic carbocycles. The number of hydrogen-bond donors (Lipinski definition) is 1. The molecule has 1 atom stereocenters. The molecule has 168 valence electrons. The largest absolute Gasteiger partial charge is 0.463 e. The molecule has 2 fully saturated rings. The normalized spacial score (nSPS) is 25.7. The van der Waals surface area contributed by atoms with E-state index in [4.69, 9.17) is 4.42 Å². The highest BCUT2D eigenvalue weighted by molar-refractivity contribution is 6.02. The first kappa shape index (κ1) is 20.6. The summed E-state index contributed by atoms with van der Waals surface area (Å²) >= 11 is 0. The molecule has 2 aromatic rings. The van der Waals surface area contributed by atoms with Crippen molar-refractivity contribution in [3.63, 3.8) is 0 Å². The summed E-state index contributed by atoms with van der Waals surface area (Å²) in [6.07, 6.45) is 11.0. The van der Waals surface area contributed by atoms with Gasteiger partial charge in [0.25, 0.3) is 5.91 Å². The van der Waals surface area contributed by atoms with Gasteiger partial charge in [0, 0.05) is 31.3 Å². The van der Waals surface area contributed by atoms with E-state index in [0.29, 0.717) is 24.4 Å². The number of amides is 2. The highest BCUT2D eigenvalue weighted by atomic mass is 16.3. The number of aromatic nitrogens is 1. The van der Waals surface area contributed by atoms with Crippen LogP contribution in [0.1, 0.15) is 68.8 Å². The van der Waals surface area contributed by atoms with Crippen molar-refractivity contribution in [1.29, 1.82) is 0 Å². The Balaban J connectivity index is 1.43. The van der Waals surface area contributed by atoms with Crippen molar-refractivity contribution in [1.82, 2.24) is 19.7 Å². The number of fused-ring (bicyclic) bond motifs is 3. The first-order chi connectivity index (χ1) is 15.1. The van der Waals surface area contributed by atoms with E-state index in [-0.39, 0.29) is 17.9 Å². The molecular weight excluding hydrogens is 392 g/mol. The molecule has 2 aromatic heterocycles. The van der Waals surface area contributed by atoms with Crippen molar-refractivity contribution < 1.29 is 14.0 Å². The number of hydrogen-bond acceptors (Lipinski definition) is 4. The minimum Gasteiger partial charge on any atom is -0.463 e. The molecule has 0 radical (unpaired) electrons. The summed E-state index contributed by atoms with van der Waals surface area (Å²) in [5, 5.41) is 3.33. The minimum absolute atomic E-state index is 0.0230. The second-order valence-corrected chi connectivity index (χ2v) is 9.73. The molecule has 2 aliphatic heterocycles. The van der Waals surface area contributed by atoms with E-state index >= 15 is 0 Å². The highest BCUT2D eigenvalue weighted by Crippen LogP contribution is 2.33. The summed E-state index contributed by atoms with van der Waals surface area (Å²) < 4.78 is 7.53. The molecule has 1 aliphatic carbocycles. The molecule has 3 aliphatic rings. The van der Waals surface area contributed by atoms with Crippen molar-refractivity contribution in [2.24, 2.45) is 0 Å². The third kappa shape index (κ3) is 3.77. The fourth-order valence-electron chi connectivity index (χ4n) is 5.64. The summed E-state index contributed by atoms with van der Waals surface area (Å²) in [5.74, 6) is -0.0967. The quantitative estimate of drug-likeness (QED) is 0.744. The summed E-state index contributed by atoms with van der Waals surface area (Å²) in [4.78, 5) is 31.5. The van der Waals surface area contributed by atoms with Gasteiger partial charge in [-0.15, -0.1) is 0 Å². The Kier molecular flexibility index (Phi) is 5.54. The second-order valence-electron chi connectivity index (χ2n) is 9.73. The number of likely N-dealkylation sites (tertiary alicyclic amines) is 1. The minimum atomic E-state index is -0.917. The van der Waals surface area contributed by atoms with Crippen LogP contribution in [0, 0.1) is 0 Å². The molecule has 0 spiro atoms. The van der Waals surface area contributed by atoms with E-state index in [1.165, 1.54) is 25.7 Å². The molecule has 1 saturated heterocycles. The van der Waals surface area contributed by atoms with E-state index in [1.807, 2.05) is 28.5 Å². The van der Waals surface area contributed by atoms with E-state index < -0.39 is 5.54 Å². The van der Waals surface area contributed by atoms with Crippen LogP contribution in [0.25, 0.3) is 11.1 Å². The predicted molar refractivity (Wildman–Crippen MR) is 119 cm³/mol. The number of furan rings is 1. The molecule has 1 N–H and O–H groups in total. The molecular formula is C24H34N4O3. The van der Waals surface area contributed by atoms with Gasteiger partial charge in [-0.05, 0) is 45.7 Å². The highest BCUT2D eigenvalue weighted by Gasteiger charge is 2.48. The molecule has 7 nitrogen and oxygen atoms in total. The van der Waals surface area contributed by atoms with Crippen molar-refractivity contribution in [3.05, 3.63) is 24.1 Å². The topological polar surface area (TPSA) is 70.7 Å². The smallest absolute Gasteiger partial charge is 0.271 e. The van der Waals surface area contributed by atoms with Gasteiger partial charge in [0.2, 0.25) is 5.91 Å². The molecule has 0 unspecified atom stereocenters. The third-order valence-corrected chi connectivity index (χ3v) is 7.57. The zero-order valence-electron chi connectivity index (χ0n) is 18.6. The SMILES string of the molecule is C[C@@]1(C(=O)NC2CCCCCC2)Cn2c(cc3occc32)C(=O)N1CCN1CCCC1. The van der Waals surface area contributed by atoms with Gasteiger partial charge < -0.3 is 24.1 Å².